The number of ether oxygens (including phenoxy) is 2. The molecule has 174 valence electrons. The molecule has 3 fully saturated rings. The molecule has 0 N–H and O–H groups in total. The van der Waals surface area contributed by atoms with Crippen molar-refractivity contribution in [3.05, 3.63) is 34.9 Å². The summed E-state index contributed by atoms with van der Waals surface area (Å²) < 4.78 is 11.4. The van der Waals surface area contributed by atoms with Crippen molar-refractivity contribution in [2.45, 2.75) is 63.6 Å². The fraction of sp³-hybridized carbons (Fsp3) is 0.625. The second kappa shape index (κ2) is 9.79. The number of hydrogen-bond donors (Lipinski definition) is 0. The average molecular weight is 463 g/mol. The van der Waals surface area contributed by atoms with Gasteiger partial charge in [-0.15, -0.1) is 0 Å². The Hall–Kier alpha value is -2.12. The van der Waals surface area contributed by atoms with Crippen LogP contribution in [0.1, 0.15) is 62.2 Å². The zero-order valence-corrected chi connectivity index (χ0v) is 19.3. The molecule has 1 spiro atoms. The maximum absolute atomic E-state index is 13.7. The van der Waals surface area contributed by atoms with E-state index < -0.39 is 11.8 Å². The van der Waals surface area contributed by atoms with Crippen LogP contribution in [0.4, 0.5) is 0 Å². The van der Waals surface area contributed by atoms with E-state index in [1.807, 2.05) is 0 Å². The van der Waals surface area contributed by atoms with E-state index in [4.69, 9.17) is 21.1 Å². The summed E-state index contributed by atoms with van der Waals surface area (Å²) in [7, 11) is 0. The van der Waals surface area contributed by atoms with Gasteiger partial charge < -0.3 is 14.4 Å². The van der Waals surface area contributed by atoms with Gasteiger partial charge in [0.25, 0.3) is 5.91 Å². The molecule has 7 nitrogen and oxygen atoms in total. The van der Waals surface area contributed by atoms with E-state index in [0.29, 0.717) is 49.5 Å². The second-order valence-corrected chi connectivity index (χ2v) is 9.33. The van der Waals surface area contributed by atoms with Gasteiger partial charge in [-0.3, -0.25) is 19.3 Å². The SMILES string of the molecule is CCOC(=O)[C@H]1CCCN(C(=O)[C@H]2COC3(CCCCC3)N2C(=O)c2cccc(Cl)c2)C1. The summed E-state index contributed by atoms with van der Waals surface area (Å²) in [6.45, 7) is 3.16. The summed E-state index contributed by atoms with van der Waals surface area (Å²) in [5, 5.41) is 0.477. The first-order valence-corrected chi connectivity index (χ1v) is 12.0. The Bertz CT molecular complexity index is 870. The Morgan fingerprint density at radius 2 is 1.97 bits per heavy atom. The first-order chi connectivity index (χ1) is 15.4. The zero-order valence-electron chi connectivity index (χ0n) is 18.6. The summed E-state index contributed by atoms with van der Waals surface area (Å²) in [6, 6.07) is 6.12. The number of amides is 2. The van der Waals surface area contributed by atoms with Crippen LogP contribution in [-0.2, 0) is 19.1 Å². The lowest BCUT2D eigenvalue weighted by Gasteiger charge is -2.42. The molecule has 1 aliphatic carbocycles. The van der Waals surface area contributed by atoms with Gasteiger partial charge in [0.15, 0.2) is 0 Å². The van der Waals surface area contributed by atoms with Gasteiger partial charge in [0, 0.05) is 23.7 Å². The normalized spacial score (nSPS) is 25.1. The van der Waals surface area contributed by atoms with Crippen LogP contribution in [0.3, 0.4) is 0 Å². The Morgan fingerprint density at radius 1 is 1.19 bits per heavy atom. The van der Waals surface area contributed by atoms with Crippen LogP contribution in [0.25, 0.3) is 0 Å². The minimum Gasteiger partial charge on any atom is -0.466 e. The quantitative estimate of drug-likeness (QED) is 0.638. The lowest BCUT2D eigenvalue weighted by Crippen LogP contribution is -2.58. The molecule has 1 aromatic rings. The highest BCUT2D eigenvalue weighted by Crippen LogP contribution is 2.42. The van der Waals surface area contributed by atoms with Crippen molar-refractivity contribution in [3.8, 4) is 0 Å². The van der Waals surface area contributed by atoms with Crippen molar-refractivity contribution in [1.29, 1.82) is 0 Å². The van der Waals surface area contributed by atoms with Crippen LogP contribution in [0.15, 0.2) is 24.3 Å². The molecule has 0 radical (unpaired) electrons. The van der Waals surface area contributed by atoms with E-state index in [0.717, 1.165) is 25.7 Å². The summed E-state index contributed by atoms with van der Waals surface area (Å²) in [5.41, 5.74) is -0.303. The Labute approximate surface area is 194 Å². The number of hydrogen-bond acceptors (Lipinski definition) is 5. The number of nitrogens with zero attached hydrogens (tertiary/aromatic N) is 2. The number of benzene rings is 1. The van der Waals surface area contributed by atoms with Crippen molar-refractivity contribution in [3.63, 3.8) is 0 Å². The standard InChI is InChI=1S/C24H31ClN2O5/c1-2-31-23(30)18-9-7-13-26(15-18)22(29)20-16-32-24(11-4-3-5-12-24)27(20)21(28)17-8-6-10-19(25)14-17/h6,8,10,14,18,20H,2-5,7,9,11-13,15-16H2,1H3/t18-,20+/m0/s1. The highest BCUT2D eigenvalue weighted by molar-refractivity contribution is 6.31. The molecule has 3 aliphatic rings. The predicted octanol–water partition coefficient (Wildman–Crippen LogP) is 3.64. The van der Waals surface area contributed by atoms with Crippen LogP contribution in [0.5, 0.6) is 0 Å². The molecular weight excluding hydrogens is 432 g/mol. The van der Waals surface area contributed by atoms with E-state index in [2.05, 4.69) is 0 Å². The fourth-order valence-corrected chi connectivity index (χ4v) is 5.45. The average Bonchev–Trinajstić information content (AvgIpc) is 3.16. The van der Waals surface area contributed by atoms with Crippen LogP contribution in [-0.4, -0.2) is 65.7 Å². The number of likely N-dealkylation sites (tertiary alicyclic amines) is 1. The van der Waals surface area contributed by atoms with Crippen LogP contribution < -0.4 is 0 Å². The number of piperidine rings is 1. The molecule has 0 bridgehead atoms. The van der Waals surface area contributed by atoms with Gasteiger partial charge in [0.1, 0.15) is 11.8 Å². The first-order valence-electron chi connectivity index (χ1n) is 11.6. The lowest BCUT2D eigenvalue weighted by atomic mass is 9.89. The number of carbonyl (C=O) groups is 3. The third-order valence-electron chi connectivity index (χ3n) is 6.82. The van der Waals surface area contributed by atoms with Crippen molar-refractivity contribution < 1.29 is 23.9 Å². The van der Waals surface area contributed by atoms with E-state index >= 15 is 0 Å². The highest BCUT2D eigenvalue weighted by atomic mass is 35.5. The Morgan fingerprint density at radius 3 is 2.69 bits per heavy atom. The fourth-order valence-electron chi connectivity index (χ4n) is 5.26. The van der Waals surface area contributed by atoms with Gasteiger partial charge in [-0.2, -0.15) is 0 Å². The smallest absolute Gasteiger partial charge is 0.310 e. The molecule has 2 heterocycles. The number of halogens is 1. The van der Waals surface area contributed by atoms with Crippen LogP contribution >= 0.6 is 11.6 Å². The molecular formula is C24H31ClN2O5. The van der Waals surface area contributed by atoms with Gasteiger partial charge in [0.05, 0.1) is 19.1 Å². The van der Waals surface area contributed by atoms with Crippen molar-refractivity contribution >= 4 is 29.4 Å². The van der Waals surface area contributed by atoms with E-state index in [9.17, 15) is 14.4 Å². The van der Waals surface area contributed by atoms with Gasteiger partial charge in [-0.25, -0.2) is 0 Å². The molecule has 1 aromatic carbocycles. The minimum absolute atomic E-state index is 0.156. The summed E-state index contributed by atoms with van der Waals surface area (Å²) >= 11 is 6.14. The first kappa shape index (κ1) is 23.1. The number of carbonyl (C=O) groups excluding carboxylic acids is 3. The predicted molar refractivity (Wildman–Crippen MR) is 119 cm³/mol. The molecule has 2 aliphatic heterocycles. The lowest BCUT2D eigenvalue weighted by molar-refractivity contribution is -0.152. The molecule has 4 rings (SSSR count). The molecule has 2 saturated heterocycles. The van der Waals surface area contributed by atoms with Gasteiger partial charge in [0.2, 0.25) is 5.91 Å². The van der Waals surface area contributed by atoms with Crippen molar-refractivity contribution in [2.75, 3.05) is 26.3 Å². The van der Waals surface area contributed by atoms with Crippen molar-refractivity contribution in [2.24, 2.45) is 5.92 Å². The molecule has 2 amide bonds. The molecule has 8 heteroatoms. The monoisotopic (exact) mass is 462 g/mol. The summed E-state index contributed by atoms with van der Waals surface area (Å²) in [6.07, 6.45) is 5.87. The van der Waals surface area contributed by atoms with Gasteiger partial charge in [-0.05, 0) is 63.6 Å². The van der Waals surface area contributed by atoms with E-state index in [1.54, 1.807) is 41.0 Å². The zero-order chi connectivity index (χ0) is 22.7. The third-order valence-corrected chi connectivity index (χ3v) is 7.06. The largest absolute Gasteiger partial charge is 0.466 e. The topological polar surface area (TPSA) is 76.2 Å². The van der Waals surface area contributed by atoms with Crippen LogP contribution in [0.2, 0.25) is 5.02 Å². The molecule has 2 atom stereocenters. The maximum Gasteiger partial charge on any atom is 0.310 e. The Balaban J connectivity index is 1.59. The third kappa shape index (κ3) is 4.50. The molecule has 0 unspecified atom stereocenters. The van der Waals surface area contributed by atoms with Gasteiger partial charge >= 0.3 is 5.97 Å². The van der Waals surface area contributed by atoms with E-state index in [1.165, 1.54) is 0 Å². The number of rotatable bonds is 4. The summed E-state index contributed by atoms with van der Waals surface area (Å²) in [4.78, 5) is 42.9. The van der Waals surface area contributed by atoms with Crippen LogP contribution in [0, 0.1) is 5.92 Å². The highest BCUT2D eigenvalue weighted by Gasteiger charge is 2.54. The Kier molecular flexibility index (Phi) is 7.05. The second-order valence-electron chi connectivity index (χ2n) is 8.89. The molecule has 1 saturated carbocycles. The minimum atomic E-state index is -0.756. The molecule has 0 aromatic heterocycles. The maximum atomic E-state index is 13.7. The van der Waals surface area contributed by atoms with E-state index in [-0.39, 0.29) is 30.3 Å². The number of esters is 1. The summed E-state index contributed by atoms with van der Waals surface area (Å²) in [5.74, 6) is -0.972. The molecule has 32 heavy (non-hydrogen) atoms. The van der Waals surface area contributed by atoms with Crippen molar-refractivity contribution in [1.82, 2.24) is 9.80 Å². The van der Waals surface area contributed by atoms with Gasteiger partial charge in [-0.1, -0.05) is 24.1 Å².